The maximum absolute atomic E-state index is 13.9. The molecule has 1 aromatic carbocycles. The van der Waals surface area contributed by atoms with Crippen LogP contribution in [0.1, 0.15) is 38.3 Å². The Morgan fingerprint density at radius 1 is 1.37 bits per heavy atom. The quantitative estimate of drug-likeness (QED) is 0.882. The fraction of sp³-hybridized carbons (Fsp3) is 0.600. The molecule has 4 heteroatoms. The van der Waals surface area contributed by atoms with Gasteiger partial charge in [-0.05, 0) is 45.0 Å². The van der Waals surface area contributed by atoms with Gasteiger partial charge in [0.15, 0.2) is 0 Å². The van der Waals surface area contributed by atoms with E-state index in [1.165, 1.54) is 18.2 Å². The third-order valence-electron chi connectivity index (χ3n) is 3.90. The van der Waals surface area contributed by atoms with E-state index in [-0.39, 0.29) is 11.6 Å². The molecule has 1 aliphatic heterocycles. The fourth-order valence-electron chi connectivity index (χ4n) is 2.95. The van der Waals surface area contributed by atoms with E-state index in [0.29, 0.717) is 6.04 Å². The molecule has 2 nitrogen and oxygen atoms in total. The number of hydrogen-bond acceptors (Lipinski definition) is 2. The lowest BCUT2D eigenvalue weighted by molar-refractivity contribution is 0.148. The average Bonchev–Trinajstić information content (AvgIpc) is 2.89. The molecule has 19 heavy (non-hydrogen) atoms. The van der Waals surface area contributed by atoms with Crippen molar-refractivity contribution in [1.29, 1.82) is 0 Å². The van der Waals surface area contributed by atoms with Crippen molar-refractivity contribution in [3.8, 4) is 0 Å². The third-order valence-corrected chi connectivity index (χ3v) is 3.90. The largest absolute Gasteiger partial charge is 0.315 e. The van der Waals surface area contributed by atoms with Crippen LogP contribution in [-0.4, -0.2) is 30.6 Å². The average molecular weight is 268 g/mol. The molecule has 0 saturated carbocycles. The number of hydrogen-bond donors (Lipinski definition) is 1. The number of halogens is 2. The Balaban J connectivity index is 2.25. The van der Waals surface area contributed by atoms with Crippen LogP contribution in [0.5, 0.6) is 0 Å². The Hall–Kier alpha value is -1.00. The van der Waals surface area contributed by atoms with Gasteiger partial charge in [0, 0.05) is 24.2 Å². The molecule has 1 aromatic rings. The predicted molar refractivity (Wildman–Crippen MR) is 73.0 cm³/mol. The van der Waals surface area contributed by atoms with Crippen molar-refractivity contribution < 1.29 is 8.78 Å². The summed E-state index contributed by atoms with van der Waals surface area (Å²) in [6.07, 6.45) is 2.03. The van der Waals surface area contributed by atoms with Crippen LogP contribution in [-0.2, 0) is 0 Å². The van der Waals surface area contributed by atoms with E-state index in [2.05, 4.69) is 17.1 Å². The van der Waals surface area contributed by atoms with Gasteiger partial charge in [-0.1, -0.05) is 13.0 Å². The molecule has 0 aromatic heterocycles. The lowest BCUT2D eigenvalue weighted by atomic mass is 10.0. The zero-order valence-corrected chi connectivity index (χ0v) is 11.6. The van der Waals surface area contributed by atoms with E-state index in [4.69, 9.17) is 0 Å². The maximum atomic E-state index is 13.9. The molecule has 0 aliphatic carbocycles. The first kappa shape index (κ1) is 14.4. The standard InChI is InChI=1S/C15H22F2N2/c1-3-9-19(12-7-8-18-10-12)11(2)15-13(16)5-4-6-14(15)17/h4-6,11-12,18H,3,7-10H2,1-2H3. The molecule has 0 amide bonds. The summed E-state index contributed by atoms with van der Waals surface area (Å²) in [5, 5.41) is 3.32. The monoisotopic (exact) mass is 268 g/mol. The van der Waals surface area contributed by atoms with Gasteiger partial charge in [-0.25, -0.2) is 8.78 Å². The maximum Gasteiger partial charge on any atom is 0.130 e. The van der Waals surface area contributed by atoms with Crippen LogP contribution in [0, 0.1) is 11.6 Å². The van der Waals surface area contributed by atoms with Crippen molar-refractivity contribution in [3.63, 3.8) is 0 Å². The topological polar surface area (TPSA) is 15.3 Å². The minimum atomic E-state index is -0.445. The molecule has 0 spiro atoms. The number of benzene rings is 1. The van der Waals surface area contributed by atoms with E-state index in [9.17, 15) is 8.78 Å². The second-order valence-electron chi connectivity index (χ2n) is 5.20. The van der Waals surface area contributed by atoms with Gasteiger partial charge < -0.3 is 5.32 Å². The number of nitrogens with one attached hydrogen (secondary N) is 1. The van der Waals surface area contributed by atoms with Crippen molar-refractivity contribution in [2.75, 3.05) is 19.6 Å². The van der Waals surface area contributed by atoms with Gasteiger partial charge in [0.1, 0.15) is 11.6 Å². The van der Waals surface area contributed by atoms with Crippen LogP contribution in [0.25, 0.3) is 0 Å². The predicted octanol–water partition coefficient (Wildman–Crippen LogP) is 3.10. The molecule has 106 valence electrons. The van der Waals surface area contributed by atoms with Crippen LogP contribution >= 0.6 is 0 Å². The molecule has 1 fully saturated rings. The Labute approximate surface area is 113 Å². The lowest BCUT2D eigenvalue weighted by Gasteiger charge is -2.34. The van der Waals surface area contributed by atoms with Crippen LogP contribution in [0.3, 0.4) is 0 Å². The Morgan fingerprint density at radius 3 is 2.58 bits per heavy atom. The highest BCUT2D eigenvalue weighted by Crippen LogP contribution is 2.28. The van der Waals surface area contributed by atoms with Crippen molar-refractivity contribution >= 4 is 0 Å². The molecule has 0 bridgehead atoms. The molecule has 1 heterocycles. The summed E-state index contributed by atoms with van der Waals surface area (Å²) in [5.41, 5.74) is 0.197. The third kappa shape index (κ3) is 3.12. The highest BCUT2D eigenvalue weighted by molar-refractivity contribution is 5.23. The minimum Gasteiger partial charge on any atom is -0.315 e. The molecule has 0 radical (unpaired) electrons. The van der Waals surface area contributed by atoms with Crippen molar-refractivity contribution in [3.05, 3.63) is 35.4 Å². The Bertz CT molecular complexity index is 396. The first-order valence-electron chi connectivity index (χ1n) is 7.05. The molecule has 1 N–H and O–H groups in total. The minimum absolute atomic E-state index is 0.197. The lowest BCUT2D eigenvalue weighted by Crippen LogP contribution is -2.39. The zero-order valence-electron chi connectivity index (χ0n) is 11.6. The van der Waals surface area contributed by atoms with Gasteiger partial charge >= 0.3 is 0 Å². The summed E-state index contributed by atoms with van der Waals surface area (Å²) in [6.45, 7) is 6.74. The summed E-state index contributed by atoms with van der Waals surface area (Å²) in [7, 11) is 0. The van der Waals surface area contributed by atoms with Crippen molar-refractivity contribution in [2.24, 2.45) is 0 Å². The molecule has 2 atom stereocenters. The van der Waals surface area contributed by atoms with Crippen LogP contribution < -0.4 is 5.32 Å². The SMILES string of the molecule is CCCN(C1CCNC1)C(C)c1c(F)cccc1F. The first-order chi connectivity index (χ1) is 9.15. The van der Waals surface area contributed by atoms with Crippen LogP contribution in [0.15, 0.2) is 18.2 Å². The summed E-state index contributed by atoms with van der Waals surface area (Å²) in [6, 6.07) is 4.24. The summed E-state index contributed by atoms with van der Waals surface area (Å²) < 4.78 is 27.8. The van der Waals surface area contributed by atoms with Crippen LogP contribution in [0.2, 0.25) is 0 Å². The van der Waals surface area contributed by atoms with Gasteiger partial charge in [-0.2, -0.15) is 0 Å². The highest BCUT2D eigenvalue weighted by Gasteiger charge is 2.29. The molecule has 1 saturated heterocycles. The van der Waals surface area contributed by atoms with E-state index in [0.717, 1.165) is 32.5 Å². The van der Waals surface area contributed by atoms with Gasteiger partial charge in [-0.3, -0.25) is 4.90 Å². The van der Waals surface area contributed by atoms with Gasteiger partial charge in [0.25, 0.3) is 0 Å². The van der Waals surface area contributed by atoms with Crippen molar-refractivity contribution in [1.82, 2.24) is 10.2 Å². The smallest absolute Gasteiger partial charge is 0.130 e. The van der Waals surface area contributed by atoms with E-state index in [1.807, 2.05) is 6.92 Å². The van der Waals surface area contributed by atoms with E-state index in [1.54, 1.807) is 0 Å². The van der Waals surface area contributed by atoms with Gasteiger partial charge in [0.05, 0.1) is 0 Å². The van der Waals surface area contributed by atoms with E-state index < -0.39 is 11.6 Å². The van der Waals surface area contributed by atoms with E-state index >= 15 is 0 Å². The summed E-state index contributed by atoms with van der Waals surface area (Å²) in [5.74, 6) is -0.890. The molecule has 2 rings (SSSR count). The second-order valence-corrected chi connectivity index (χ2v) is 5.20. The highest BCUT2D eigenvalue weighted by atomic mass is 19.1. The molecule has 1 aliphatic rings. The second kappa shape index (κ2) is 6.44. The summed E-state index contributed by atoms with van der Waals surface area (Å²) in [4.78, 5) is 2.22. The summed E-state index contributed by atoms with van der Waals surface area (Å²) >= 11 is 0. The zero-order chi connectivity index (χ0) is 13.8. The van der Waals surface area contributed by atoms with Gasteiger partial charge in [0.2, 0.25) is 0 Å². The molecule has 2 unspecified atom stereocenters. The number of nitrogens with zero attached hydrogens (tertiary/aromatic N) is 1. The van der Waals surface area contributed by atoms with Crippen molar-refractivity contribution in [2.45, 2.75) is 38.8 Å². The van der Waals surface area contributed by atoms with Gasteiger partial charge in [-0.15, -0.1) is 0 Å². The van der Waals surface area contributed by atoms with Crippen LogP contribution in [0.4, 0.5) is 8.78 Å². The number of rotatable bonds is 5. The Morgan fingerprint density at radius 2 is 2.05 bits per heavy atom. The first-order valence-corrected chi connectivity index (χ1v) is 7.05. The Kier molecular flexibility index (Phi) is 4.88. The fourth-order valence-corrected chi connectivity index (χ4v) is 2.95. The molecular weight excluding hydrogens is 246 g/mol. The molecular formula is C15H22F2N2. The normalized spacial score (nSPS) is 21.0.